The molecule has 2 aliphatic heterocycles. The lowest BCUT2D eigenvalue weighted by Crippen LogP contribution is -2.40. The van der Waals surface area contributed by atoms with Gasteiger partial charge in [0, 0.05) is 17.7 Å². The highest BCUT2D eigenvalue weighted by molar-refractivity contribution is 7.07. The van der Waals surface area contributed by atoms with Crippen LogP contribution in [-0.2, 0) is 9.53 Å². The third-order valence-corrected chi connectivity index (χ3v) is 8.60. The molecule has 11 nitrogen and oxygen atoms in total. The number of thiazole rings is 1. The maximum atomic E-state index is 14.0. The molecule has 14 heteroatoms. The predicted octanol–water partition coefficient (Wildman–Crippen LogP) is 5.78. The summed E-state index contributed by atoms with van der Waals surface area (Å²) >= 11 is 13.5. The van der Waals surface area contributed by atoms with E-state index in [1.807, 2.05) is 6.92 Å². The number of furan rings is 1. The van der Waals surface area contributed by atoms with Crippen LogP contribution in [0.1, 0.15) is 44.1 Å². The van der Waals surface area contributed by atoms with Crippen molar-refractivity contribution >= 4 is 52.3 Å². The van der Waals surface area contributed by atoms with Crippen molar-refractivity contribution in [2.24, 2.45) is 4.99 Å². The van der Waals surface area contributed by atoms with Crippen molar-refractivity contribution in [3.05, 3.63) is 105 Å². The Kier molecular flexibility index (Phi) is 8.06. The van der Waals surface area contributed by atoms with Crippen molar-refractivity contribution in [1.29, 1.82) is 0 Å². The summed E-state index contributed by atoms with van der Waals surface area (Å²) in [7, 11) is 0. The number of ether oxygens (including phenoxy) is 3. The molecule has 44 heavy (non-hydrogen) atoms. The van der Waals surface area contributed by atoms with Gasteiger partial charge in [0.1, 0.15) is 16.5 Å². The first kappa shape index (κ1) is 29.7. The molecule has 1 unspecified atom stereocenters. The first-order valence-corrected chi connectivity index (χ1v) is 15.1. The minimum atomic E-state index is -0.822. The summed E-state index contributed by atoms with van der Waals surface area (Å²) in [6, 6.07) is 10.3. The Labute approximate surface area is 263 Å². The first-order chi connectivity index (χ1) is 21.2. The summed E-state index contributed by atoms with van der Waals surface area (Å²) in [5.74, 6) is 1.16. The zero-order chi connectivity index (χ0) is 31.1. The average Bonchev–Trinajstić information content (AvgIpc) is 3.73. The molecule has 0 saturated heterocycles. The second kappa shape index (κ2) is 11.9. The first-order valence-electron chi connectivity index (χ1n) is 13.5. The lowest BCUT2D eigenvalue weighted by Gasteiger charge is -2.25. The highest BCUT2D eigenvalue weighted by Gasteiger charge is 2.35. The van der Waals surface area contributed by atoms with Crippen LogP contribution in [0.5, 0.6) is 11.5 Å². The standard InChI is InChI=1S/C30H23Cl2N3O8S/c1-3-5-20-26(29(37)40-4-2)27(15-6-8-23-24(10-15)42-14-41-23)34-28(36)25(44-30(34)33-20)11-16-7-9-22(43-16)17-12-19(32)21(35(38)39)13-18(17)31/h6-13,27H,3-5,14H2,1-2H3/b25-11+. The van der Waals surface area contributed by atoms with Gasteiger partial charge in [0.15, 0.2) is 16.3 Å². The maximum Gasteiger partial charge on any atom is 0.338 e. The molecule has 1 atom stereocenters. The molecule has 0 N–H and O–H groups in total. The molecule has 0 fully saturated rings. The Hall–Kier alpha value is -4.39. The smallest absolute Gasteiger partial charge is 0.338 e. The molecule has 0 radical (unpaired) electrons. The molecule has 0 spiro atoms. The topological polar surface area (TPSA) is 135 Å². The maximum absolute atomic E-state index is 14.0. The summed E-state index contributed by atoms with van der Waals surface area (Å²) in [5.41, 5.74) is 1.12. The van der Waals surface area contributed by atoms with Crippen LogP contribution in [0.25, 0.3) is 17.4 Å². The van der Waals surface area contributed by atoms with E-state index in [9.17, 15) is 19.7 Å². The van der Waals surface area contributed by atoms with Gasteiger partial charge >= 0.3 is 5.97 Å². The highest BCUT2D eigenvalue weighted by Crippen LogP contribution is 2.39. The molecule has 6 rings (SSSR count). The molecule has 226 valence electrons. The van der Waals surface area contributed by atoms with Gasteiger partial charge < -0.3 is 18.6 Å². The second-order valence-corrected chi connectivity index (χ2v) is 11.6. The molecule has 4 heterocycles. The number of aromatic nitrogens is 1. The van der Waals surface area contributed by atoms with Gasteiger partial charge in [-0.25, -0.2) is 9.79 Å². The molecule has 0 amide bonds. The number of hydrogen-bond acceptors (Lipinski definition) is 10. The van der Waals surface area contributed by atoms with Crippen molar-refractivity contribution in [3.63, 3.8) is 0 Å². The molecule has 4 aromatic rings. The summed E-state index contributed by atoms with van der Waals surface area (Å²) < 4.78 is 24.2. The third-order valence-electron chi connectivity index (χ3n) is 7.00. The van der Waals surface area contributed by atoms with E-state index < -0.39 is 16.9 Å². The van der Waals surface area contributed by atoms with E-state index >= 15 is 0 Å². The van der Waals surface area contributed by atoms with Gasteiger partial charge in [0.05, 0.1) is 38.4 Å². The van der Waals surface area contributed by atoms with Gasteiger partial charge in [0.2, 0.25) is 6.79 Å². The molecular formula is C30H23Cl2N3O8S. The third kappa shape index (κ3) is 5.29. The molecule has 2 aliphatic rings. The number of rotatable bonds is 8. The predicted molar refractivity (Wildman–Crippen MR) is 163 cm³/mol. The molecule has 0 aliphatic carbocycles. The lowest BCUT2D eigenvalue weighted by molar-refractivity contribution is -0.384. The van der Waals surface area contributed by atoms with Gasteiger partial charge in [-0.1, -0.05) is 53.9 Å². The SMILES string of the molecule is CCCC1=C(C(=O)OCC)C(c2ccc3c(c2)OCO3)n2c(s/c(=C/c3ccc(-c4cc(Cl)c([N+](=O)[O-])cc4Cl)o3)c2=O)=N1. The molecule has 0 saturated carbocycles. The van der Waals surface area contributed by atoms with Gasteiger partial charge in [-0.2, -0.15) is 0 Å². The number of nitro groups is 1. The second-order valence-electron chi connectivity index (χ2n) is 9.77. The Morgan fingerprint density at radius 3 is 2.70 bits per heavy atom. The van der Waals surface area contributed by atoms with E-state index in [-0.39, 0.29) is 40.3 Å². The number of fused-ring (bicyclic) bond motifs is 2. The Morgan fingerprint density at radius 2 is 1.95 bits per heavy atom. The van der Waals surface area contributed by atoms with Crippen molar-refractivity contribution < 1.29 is 28.3 Å². The van der Waals surface area contributed by atoms with Crippen molar-refractivity contribution in [2.75, 3.05) is 13.4 Å². The Bertz CT molecular complexity index is 2050. The largest absolute Gasteiger partial charge is 0.463 e. The number of nitrogens with zero attached hydrogens (tertiary/aromatic N) is 3. The number of halogens is 2. The minimum absolute atomic E-state index is 0.0750. The number of hydrogen-bond donors (Lipinski definition) is 0. The monoisotopic (exact) mass is 655 g/mol. The minimum Gasteiger partial charge on any atom is -0.463 e. The highest BCUT2D eigenvalue weighted by atomic mass is 35.5. The van der Waals surface area contributed by atoms with Crippen LogP contribution in [0.15, 0.2) is 67.9 Å². The zero-order valence-corrected chi connectivity index (χ0v) is 25.6. The van der Waals surface area contributed by atoms with Crippen molar-refractivity contribution in [1.82, 2.24) is 4.57 Å². The Balaban J connectivity index is 1.48. The van der Waals surface area contributed by atoms with Crippen LogP contribution in [0.2, 0.25) is 10.0 Å². The van der Waals surface area contributed by atoms with E-state index in [4.69, 9.17) is 46.8 Å². The number of esters is 1. The molecule has 0 bridgehead atoms. The fraction of sp³-hybridized carbons (Fsp3) is 0.233. The van der Waals surface area contributed by atoms with E-state index in [1.54, 1.807) is 43.3 Å². The van der Waals surface area contributed by atoms with Gasteiger partial charge in [-0.3, -0.25) is 19.5 Å². The van der Waals surface area contributed by atoms with E-state index in [0.717, 1.165) is 17.4 Å². The normalized spacial score (nSPS) is 15.7. The fourth-order valence-electron chi connectivity index (χ4n) is 5.09. The Morgan fingerprint density at radius 1 is 1.16 bits per heavy atom. The number of benzene rings is 2. The number of nitro benzene ring substituents is 1. The van der Waals surface area contributed by atoms with Crippen LogP contribution >= 0.6 is 34.5 Å². The van der Waals surface area contributed by atoms with Crippen LogP contribution < -0.4 is 24.4 Å². The summed E-state index contributed by atoms with van der Waals surface area (Å²) in [5, 5.41) is 11.2. The van der Waals surface area contributed by atoms with Gasteiger partial charge in [-0.15, -0.1) is 0 Å². The van der Waals surface area contributed by atoms with E-state index in [1.165, 1.54) is 10.6 Å². The quantitative estimate of drug-likeness (QED) is 0.132. The van der Waals surface area contributed by atoms with Crippen molar-refractivity contribution in [3.8, 4) is 22.8 Å². The lowest BCUT2D eigenvalue weighted by atomic mass is 9.94. The van der Waals surface area contributed by atoms with Crippen LogP contribution in [0.4, 0.5) is 5.69 Å². The average molecular weight is 657 g/mol. The molecule has 2 aromatic heterocycles. The zero-order valence-electron chi connectivity index (χ0n) is 23.3. The fourth-order valence-corrected chi connectivity index (χ4v) is 6.57. The number of carbonyl (C=O) groups is 1. The van der Waals surface area contributed by atoms with Crippen LogP contribution in [-0.4, -0.2) is 28.9 Å². The van der Waals surface area contributed by atoms with Crippen molar-refractivity contribution in [2.45, 2.75) is 32.7 Å². The van der Waals surface area contributed by atoms with Crippen LogP contribution in [0.3, 0.4) is 0 Å². The molecule has 2 aromatic carbocycles. The van der Waals surface area contributed by atoms with Gasteiger partial charge in [-0.05, 0) is 49.2 Å². The number of allylic oxidation sites excluding steroid dienone is 1. The summed E-state index contributed by atoms with van der Waals surface area (Å²) in [6.45, 7) is 3.93. The van der Waals surface area contributed by atoms with Crippen LogP contribution in [0, 0.1) is 10.1 Å². The molecular weight excluding hydrogens is 633 g/mol. The number of carbonyl (C=O) groups excluding carboxylic acids is 1. The van der Waals surface area contributed by atoms with E-state index in [0.29, 0.717) is 62.0 Å². The van der Waals surface area contributed by atoms with Gasteiger partial charge in [0.25, 0.3) is 11.2 Å². The summed E-state index contributed by atoms with van der Waals surface area (Å²) in [4.78, 5) is 43.1. The van der Waals surface area contributed by atoms with E-state index in [2.05, 4.69) is 0 Å². The summed E-state index contributed by atoms with van der Waals surface area (Å²) in [6.07, 6.45) is 2.79.